The molecule has 0 fully saturated rings. The maximum Gasteiger partial charge on any atom is 0.281 e. The van der Waals surface area contributed by atoms with Crippen molar-refractivity contribution in [2.75, 3.05) is 5.73 Å². The Morgan fingerprint density at radius 1 is 1.33 bits per heavy atom. The number of pyridine rings is 1. The molecule has 0 atom stereocenters. The zero-order chi connectivity index (χ0) is 9.30. The van der Waals surface area contributed by atoms with E-state index >= 15 is 0 Å². The highest BCUT2D eigenvalue weighted by Crippen LogP contribution is 2.34. The molecule has 66 valence electrons. The molecule has 0 aliphatic carbocycles. The summed E-state index contributed by atoms with van der Waals surface area (Å²) in [7, 11) is 0. The smallest absolute Gasteiger partial charge is 0.281 e. The fourth-order valence-corrected chi connectivity index (χ4v) is 1.45. The van der Waals surface area contributed by atoms with Gasteiger partial charge in [-0.1, -0.05) is 0 Å². The molecule has 0 aliphatic rings. The zero-order valence-electron chi connectivity index (χ0n) is 5.69. The maximum atomic E-state index is 12.2. The van der Waals surface area contributed by atoms with Gasteiger partial charge < -0.3 is 5.73 Å². The van der Waals surface area contributed by atoms with Crippen molar-refractivity contribution >= 4 is 37.5 Å². The lowest BCUT2D eigenvalue weighted by Crippen LogP contribution is -1.96. The lowest BCUT2D eigenvalue weighted by atomic mass is 10.3. The Balaban J connectivity index is 3.27. The first-order valence-corrected chi connectivity index (χ1v) is 4.50. The fraction of sp³-hybridized carbons (Fsp3) is 0.167. The summed E-state index contributed by atoms with van der Waals surface area (Å²) in [5.41, 5.74) is 5.42. The standard InChI is InChI=1S/C6H4Br2F2N2/c7-3-2(11)1-12-5(4(3)8)6(9)10/h1,6H,11H2. The van der Waals surface area contributed by atoms with E-state index in [1.54, 1.807) is 0 Å². The van der Waals surface area contributed by atoms with Gasteiger partial charge in [0.05, 0.1) is 20.8 Å². The number of rotatable bonds is 1. The molecule has 0 unspecified atom stereocenters. The SMILES string of the molecule is Nc1cnc(C(F)F)c(Br)c1Br. The van der Waals surface area contributed by atoms with E-state index in [4.69, 9.17) is 5.73 Å². The van der Waals surface area contributed by atoms with Gasteiger partial charge >= 0.3 is 0 Å². The van der Waals surface area contributed by atoms with Crippen molar-refractivity contribution in [2.45, 2.75) is 6.43 Å². The van der Waals surface area contributed by atoms with Gasteiger partial charge in [0, 0.05) is 0 Å². The third-order valence-electron chi connectivity index (χ3n) is 1.22. The third kappa shape index (κ3) is 1.74. The van der Waals surface area contributed by atoms with Crippen molar-refractivity contribution in [3.05, 3.63) is 20.8 Å². The van der Waals surface area contributed by atoms with Gasteiger partial charge in [-0.05, 0) is 31.9 Å². The second kappa shape index (κ2) is 3.66. The predicted octanol–water partition coefficient (Wildman–Crippen LogP) is 3.13. The third-order valence-corrected chi connectivity index (χ3v) is 3.41. The molecule has 0 saturated carbocycles. The van der Waals surface area contributed by atoms with E-state index < -0.39 is 6.43 Å². The number of hydrogen-bond acceptors (Lipinski definition) is 2. The molecule has 2 nitrogen and oxygen atoms in total. The van der Waals surface area contributed by atoms with Gasteiger partial charge in [-0.25, -0.2) is 8.78 Å². The summed E-state index contributed by atoms with van der Waals surface area (Å²) < 4.78 is 25.0. The van der Waals surface area contributed by atoms with E-state index in [0.29, 0.717) is 10.2 Å². The highest BCUT2D eigenvalue weighted by molar-refractivity contribution is 9.13. The van der Waals surface area contributed by atoms with E-state index in [-0.39, 0.29) is 10.2 Å². The Hall–Kier alpha value is -0.230. The number of aromatic nitrogens is 1. The van der Waals surface area contributed by atoms with E-state index in [2.05, 4.69) is 36.8 Å². The number of anilines is 1. The van der Waals surface area contributed by atoms with Gasteiger partial charge in [-0.3, -0.25) is 4.98 Å². The summed E-state index contributed by atoms with van der Waals surface area (Å²) in [4.78, 5) is 3.49. The van der Waals surface area contributed by atoms with Crippen LogP contribution in [-0.4, -0.2) is 4.98 Å². The Kier molecular flexibility index (Phi) is 3.00. The first-order chi connectivity index (χ1) is 5.54. The molecule has 0 aliphatic heterocycles. The number of nitrogens with zero attached hydrogens (tertiary/aromatic N) is 1. The summed E-state index contributed by atoms with van der Waals surface area (Å²) >= 11 is 6.02. The van der Waals surface area contributed by atoms with Gasteiger partial charge in [-0.15, -0.1) is 0 Å². The minimum absolute atomic E-state index is 0.206. The lowest BCUT2D eigenvalue weighted by Gasteiger charge is -2.05. The van der Waals surface area contributed by atoms with Crippen LogP contribution in [0.5, 0.6) is 0 Å². The average Bonchev–Trinajstić information content (AvgIpc) is 2.00. The van der Waals surface area contributed by atoms with Gasteiger partial charge in [0.2, 0.25) is 0 Å². The minimum atomic E-state index is -2.60. The topological polar surface area (TPSA) is 38.9 Å². The normalized spacial score (nSPS) is 10.8. The van der Waals surface area contributed by atoms with E-state index in [0.717, 1.165) is 0 Å². The molecule has 0 bridgehead atoms. The molecule has 12 heavy (non-hydrogen) atoms. The van der Waals surface area contributed by atoms with Crippen molar-refractivity contribution in [2.24, 2.45) is 0 Å². The lowest BCUT2D eigenvalue weighted by molar-refractivity contribution is 0.145. The molecule has 0 spiro atoms. The Labute approximate surface area is 84.4 Å². The van der Waals surface area contributed by atoms with Crippen LogP contribution in [0.1, 0.15) is 12.1 Å². The fourth-order valence-electron chi connectivity index (χ4n) is 0.644. The highest BCUT2D eigenvalue weighted by Gasteiger charge is 2.16. The Morgan fingerprint density at radius 3 is 2.42 bits per heavy atom. The van der Waals surface area contributed by atoms with E-state index in [1.165, 1.54) is 6.20 Å². The number of nitrogens with two attached hydrogens (primary N) is 1. The minimum Gasteiger partial charge on any atom is -0.397 e. The molecule has 6 heteroatoms. The largest absolute Gasteiger partial charge is 0.397 e. The second-order valence-electron chi connectivity index (χ2n) is 2.03. The predicted molar refractivity (Wildman–Crippen MR) is 49.0 cm³/mol. The Morgan fingerprint density at radius 2 is 1.92 bits per heavy atom. The van der Waals surface area contributed by atoms with Crippen LogP contribution in [0.15, 0.2) is 15.1 Å². The molecular formula is C6H4Br2F2N2. The molecule has 0 radical (unpaired) electrons. The quantitative estimate of drug-likeness (QED) is 0.865. The summed E-state index contributed by atoms with van der Waals surface area (Å²) in [5.74, 6) is 0. The van der Waals surface area contributed by atoms with Crippen molar-refractivity contribution < 1.29 is 8.78 Å². The van der Waals surface area contributed by atoms with Crippen LogP contribution in [0.3, 0.4) is 0 Å². The summed E-state index contributed by atoms with van der Waals surface area (Å²) in [5, 5.41) is 0. The van der Waals surface area contributed by atoms with Gasteiger partial charge in [0.1, 0.15) is 5.69 Å². The number of nitrogen functional groups attached to an aromatic ring is 1. The zero-order valence-corrected chi connectivity index (χ0v) is 8.86. The molecule has 1 rings (SSSR count). The van der Waals surface area contributed by atoms with Crippen LogP contribution in [-0.2, 0) is 0 Å². The highest BCUT2D eigenvalue weighted by atomic mass is 79.9. The summed E-state index contributed by atoms with van der Waals surface area (Å²) in [6.45, 7) is 0. The first kappa shape index (κ1) is 9.85. The molecule has 0 saturated heterocycles. The van der Waals surface area contributed by atoms with Crippen LogP contribution in [0, 0.1) is 0 Å². The van der Waals surface area contributed by atoms with Crippen LogP contribution in [0.25, 0.3) is 0 Å². The molecular weight excluding hydrogens is 298 g/mol. The van der Waals surface area contributed by atoms with Crippen molar-refractivity contribution in [3.8, 4) is 0 Å². The van der Waals surface area contributed by atoms with Crippen molar-refractivity contribution in [3.63, 3.8) is 0 Å². The van der Waals surface area contributed by atoms with Crippen LogP contribution in [0.4, 0.5) is 14.5 Å². The monoisotopic (exact) mass is 300 g/mol. The maximum absolute atomic E-state index is 12.2. The molecule has 1 heterocycles. The first-order valence-electron chi connectivity index (χ1n) is 2.91. The number of halogens is 4. The van der Waals surface area contributed by atoms with Crippen LogP contribution in [0.2, 0.25) is 0 Å². The van der Waals surface area contributed by atoms with Gasteiger partial charge in [0.25, 0.3) is 6.43 Å². The van der Waals surface area contributed by atoms with Gasteiger partial charge in [-0.2, -0.15) is 0 Å². The summed E-state index contributed by atoms with van der Waals surface area (Å²) in [6, 6.07) is 0. The van der Waals surface area contributed by atoms with E-state index in [1.807, 2.05) is 0 Å². The second-order valence-corrected chi connectivity index (χ2v) is 3.61. The summed E-state index contributed by atoms with van der Waals surface area (Å²) in [6.07, 6.45) is -1.41. The number of alkyl halides is 2. The van der Waals surface area contributed by atoms with Gasteiger partial charge in [0.15, 0.2) is 0 Å². The van der Waals surface area contributed by atoms with Crippen LogP contribution >= 0.6 is 31.9 Å². The van der Waals surface area contributed by atoms with Crippen molar-refractivity contribution in [1.29, 1.82) is 0 Å². The molecule has 0 amide bonds. The van der Waals surface area contributed by atoms with Crippen LogP contribution < -0.4 is 5.73 Å². The number of hydrogen-bond donors (Lipinski definition) is 1. The molecule has 1 aromatic heterocycles. The molecule has 1 aromatic rings. The molecule has 2 N–H and O–H groups in total. The average molecular weight is 302 g/mol. The Bertz CT molecular complexity index is 304. The molecule has 0 aromatic carbocycles. The van der Waals surface area contributed by atoms with Crippen molar-refractivity contribution in [1.82, 2.24) is 4.98 Å². The van der Waals surface area contributed by atoms with E-state index in [9.17, 15) is 8.78 Å².